The molecule has 0 atom stereocenters. The maximum Gasteiger partial charge on any atom is 0.198 e. The summed E-state index contributed by atoms with van der Waals surface area (Å²) < 4.78 is 18.8. The van der Waals surface area contributed by atoms with Gasteiger partial charge in [0.05, 0.1) is 12.0 Å². The van der Waals surface area contributed by atoms with E-state index in [9.17, 15) is 4.39 Å². The average Bonchev–Trinajstić information content (AvgIpc) is 2.78. The van der Waals surface area contributed by atoms with Crippen molar-refractivity contribution in [1.82, 2.24) is 9.97 Å². The third kappa shape index (κ3) is 1.88. The number of aryl methyl sites for hydroxylation is 1. The summed E-state index contributed by atoms with van der Waals surface area (Å²) in [4.78, 5) is 8.11. The lowest BCUT2D eigenvalue weighted by atomic mass is 10.3. The number of furan rings is 1. The number of nitrogens with one attached hydrogen (secondary N) is 1. The second-order valence-electron chi connectivity index (χ2n) is 3.30. The van der Waals surface area contributed by atoms with Crippen LogP contribution in [0, 0.1) is 12.7 Å². The van der Waals surface area contributed by atoms with Crippen LogP contribution in [0.5, 0.6) is 0 Å². The first kappa shape index (κ1) is 10.6. The van der Waals surface area contributed by atoms with Crippen LogP contribution in [0.2, 0.25) is 0 Å². The molecule has 2 rings (SSSR count). The summed E-state index contributed by atoms with van der Waals surface area (Å²) in [6.45, 7) is 4.08. The molecule has 0 aliphatic carbocycles. The van der Waals surface area contributed by atoms with Crippen molar-refractivity contribution in [2.75, 3.05) is 11.9 Å². The molecule has 1 N–H and O–H groups in total. The zero-order valence-electron chi connectivity index (χ0n) is 9.12. The molecule has 0 fully saturated rings. The number of hydrogen-bond acceptors (Lipinski definition) is 4. The first-order valence-electron chi connectivity index (χ1n) is 5.04. The fraction of sp³-hybridized carbons (Fsp3) is 0.273. The van der Waals surface area contributed by atoms with Crippen molar-refractivity contribution < 1.29 is 8.81 Å². The Kier molecular flexibility index (Phi) is 2.85. The molecule has 0 radical (unpaired) electrons. The number of hydrogen-bond donors (Lipinski definition) is 1. The van der Waals surface area contributed by atoms with E-state index in [1.54, 1.807) is 19.1 Å². The predicted molar refractivity (Wildman–Crippen MR) is 58.6 cm³/mol. The largest absolute Gasteiger partial charge is 0.461 e. The molecule has 0 unspecified atom stereocenters. The Bertz CT molecular complexity index is 482. The van der Waals surface area contributed by atoms with Crippen LogP contribution < -0.4 is 5.32 Å². The molecule has 2 heterocycles. The van der Waals surface area contributed by atoms with Crippen LogP contribution in [0.4, 0.5) is 10.2 Å². The van der Waals surface area contributed by atoms with Crippen molar-refractivity contribution >= 4 is 5.82 Å². The molecule has 5 heteroatoms. The summed E-state index contributed by atoms with van der Waals surface area (Å²) in [5, 5.41) is 2.85. The fourth-order valence-corrected chi connectivity index (χ4v) is 1.36. The van der Waals surface area contributed by atoms with Crippen molar-refractivity contribution in [2.45, 2.75) is 13.8 Å². The van der Waals surface area contributed by atoms with Gasteiger partial charge in [-0.1, -0.05) is 0 Å². The second kappa shape index (κ2) is 4.30. The lowest BCUT2D eigenvalue weighted by Crippen LogP contribution is -2.06. The van der Waals surface area contributed by atoms with Gasteiger partial charge in [-0.25, -0.2) is 14.4 Å². The number of halogens is 1. The summed E-state index contributed by atoms with van der Waals surface area (Å²) in [6.07, 6.45) is 1.53. The Morgan fingerprint density at radius 3 is 2.88 bits per heavy atom. The van der Waals surface area contributed by atoms with Crippen LogP contribution >= 0.6 is 0 Å². The minimum absolute atomic E-state index is 0.210. The highest BCUT2D eigenvalue weighted by atomic mass is 19.1. The highest BCUT2D eigenvalue weighted by molar-refractivity contribution is 5.51. The van der Waals surface area contributed by atoms with Gasteiger partial charge >= 0.3 is 0 Å². The molecule has 0 amide bonds. The van der Waals surface area contributed by atoms with Crippen molar-refractivity contribution in [3.8, 4) is 11.6 Å². The van der Waals surface area contributed by atoms with E-state index < -0.39 is 5.82 Å². The molecule has 2 aromatic rings. The molecule has 0 aliphatic rings. The van der Waals surface area contributed by atoms with Gasteiger partial charge in [-0.2, -0.15) is 0 Å². The summed E-state index contributed by atoms with van der Waals surface area (Å²) in [5.74, 6) is 0.709. The Hall–Kier alpha value is -1.91. The highest BCUT2D eigenvalue weighted by Crippen LogP contribution is 2.21. The molecule has 4 nitrogen and oxygen atoms in total. The van der Waals surface area contributed by atoms with E-state index in [2.05, 4.69) is 15.3 Å². The van der Waals surface area contributed by atoms with Gasteiger partial charge in [0, 0.05) is 6.54 Å². The Morgan fingerprint density at radius 1 is 1.44 bits per heavy atom. The maximum absolute atomic E-state index is 13.6. The fourth-order valence-electron chi connectivity index (χ4n) is 1.36. The average molecular weight is 221 g/mol. The summed E-state index contributed by atoms with van der Waals surface area (Å²) in [5.41, 5.74) is 0.303. The van der Waals surface area contributed by atoms with E-state index in [0.29, 0.717) is 23.8 Å². The smallest absolute Gasteiger partial charge is 0.198 e. The van der Waals surface area contributed by atoms with Crippen LogP contribution in [-0.4, -0.2) is 16.5 Å². The third-order valence-electron chi connectivity index (χ3n) is 2.10. The first-order chi connectivity index (χ1) is 7.72. The summed E-state index contributed by atoms with van der Waals surface area (Å²) >= 11 is 0. The predicted octanol–water partition coefficient (Wildman–Crippen LogP) is 2.62. The lowest BCUT2D eigenvalue weighted by Gasteiger charge is -2.07. The highest BCUT2D eigenvalue weighted by Gasteiger charge is 2.13. The Labute approximate surface area is 92.5 Å². The van der Waals surface area contributed by atoms with Gasteiger partial charge in [0.15, 0.2) is 23.2 Å². The van der Waals surface area contributed by atoms with E-state index in [0.717, 1.165) is 0 Å². The third-order valence-corrected chi connectivity index (χ3v) is 2.10. The van der Waals surface area contributed by atoms with Crippen LogP contribution in [0.1, 0.15) is 12.6 Å². The molecule has 2 aromatic heterocycles. The topological polar surface area (TPSA) is 51.0 Å². The van der Waals surface area contributed by atoms with Crippen LogP contribution in [0.25, 0.3) is 11.6 Å². The molecule has 0 aromatic carbocycles. The summed E-state index contributed by atoms with van der Waals surface area (Å²) in [6, 6.07) is 3.48. The zero-order chi connectivity index (χ0) is 11.5. The monoisotopic (exact) mass is 221 g/mol. The van der Waals surface area contributed by atoms with Crippen molar-refractivity contribution in [3.63, 3.8) is 0 Å². The van der Waals surface area contributed by atoms with Gasteiger partial charge in [0.1, 0.15) is 0 Å². The molecule has 0 saturated heterocycles. The molecule has 0 spiro atoms. The lowest BCUT2D eigenvalue weighted by molar-refractivity contribution is 0.571. The van der Waals surface area contributed by atoms with Gasteiger partial charge in [-0.05, 0) is 26.0 Å². The molecule has 0 aliphatic heterocycles. The van der Waals surface area contributed by atoms with Gasteiger partial charge in [0.25, 0.3) is 0 Å². The zero-order valence-corrected chi connectivity index (χ0v) is 9.12. The molecule has 84 valence electrons. The number of anilines is 1. The van der Waals surface area contributed by atoms with Crippen LogP contribution in [-0.2, 0) is 0 Å². The number of aromatic nitrogens is 2. The number of rotatable bonds is 3. The van der Waals surface area contributed by atoms with Crippen molar-refractivity contribution in [3.05, 3.63) is 29.9 Å². The van der Waals surface area contributed by atoms with E-state index in [-0.39, 0.29) is 5.82 Å². The molecule has 0 saturated carbocycles. The van der Waals surface area contributed by atoms with E-state index in [1.165, 1.54) is 6.26 Å². The van der Waals surface area contributed by atoms with E-state index in [1.807, 2.05) is 6.92 Å². The minimum Gasteiger partial charge on any atom is -0.461 e. The summed E-state index contributed by atoms with van der Waals surface area (Å²) in [7, 11) is 0. The second-order valence-corrected chi connectivity index (χ2v) is 3.30. The van der Waals surface area contributed by atoms with Gasteiger partial charge in [0.2, 0.25) is 0 Å². The SMILES string of the molecule is CCNc1nc(-c2ccco2)nc(C)c1F. The maximum atomic E-state index is 13.6. The van der Waals surface area contributed by atoms with Crippen LogP contribution in [0.3, 0.4) is 0 Å². The van der Waals surface area contributed by atoms with Gasteiger partial charge in [-0.3, -0.25) is 0 Å². The number of nitrogens with zero attached hydrogens (tertiary/aromatic N) is 2. The van der Waals surface area contributed by atoms with E-state index in [4.69, 9.17) is 4.42 Å². The van der Waals surface area contributed by atoms with Crippen LogP contribution in [0.15, 0.2) is 22.8 Å². The molecule has 0 bridgehead atoms. The normalized spacial score (nSPS) is 10.4. The standard InChI is InChI=1S/C11H12FN3O/c1-3-13-11-9(12)7(2)14-10(15-11)8-5-4-6-16-8/h4-6H,3H2,1-2H3,(H,13,14,15). The Balaban J connectivity index is 2.48. The molecular weight excluding hydrogens is 209 g/mol. The van der Waals surface area contributed by atoms with E-state index >= 15 is 0 Å². The van der Waals surface area contributed by atoms with Crippen molar-refractivity contribution in [2.24, 2.45) is 0 Å². The van der Waals surface area contributed by atoms with Crippen molar-refractivity contribution in [1.29, 1.82) is 0 Å². The minimum atomic E-state index is -0.419. The van der Waals surface area contributed by atoms with Gasteiger partial charge in [-0.15, -0.1) is 0 Å². The van der Waals surface area contributed by atoms with Gasteiger partial charge < -0.3 is 9.73 Å². The quantitative estimate of drug-likeness (QED) is 0.865. The molecular formula is C11H12FN3O. The first-order valence-corrected chi connectivity index (χ1v) is 5.04. The Morgan fingerprint density at radius 2 is 2.25 bits per heavy atom. The molecule has 16 heavy (non-hydrogen) atoms.